The maximum atomic E-state index is 14.2. The Kier molecular flexibility index (Phi) is 7.86. The van der Waals surface area contributed by atoms with Crippen molar-refractivity contribution >= 4 is 34.8 Å². The molecule has 1 N–H and O–H groups in total. The molecular formula is C30H35Cl2FN4O2. The number of fused-ring (bicyclic) bond motifs is 1. The predicted octanol–water partition coefficient (Wildman–Crippen LogP) is 6.32. The Morgan fingerprint density at radius 3 is 2.62 bits per heavy atom. The summed E-state index contributed by atoms with van der Waals surface area (Å²) in [5.74, 6) is 0.284. The molecule has 3 aliphatic rings. The largest absolute Gasteiger partial charge is 0.480 e. The molecule has 6 rings (SSSR count). The third kappa shape index (κ3) is 5.69. The van der Waals surface area contributed by atoms with Crippen LogP contribution in [0.5, 0.6) is 0 Å². The number of aromatic nitrogens is 2. The van der Waals surface area contributed by atoms with E-state index < -0.39 is 12.0 Å². The van der Waals surface area contributed by atoms with E-state index in [1.165, 1.54) is 12.5 Å². The van der Waals surface area contributed by atoms with Crippen molar-refractivity contribution in [3.05, 3.63) is 69.8 Å². The number of pyridine rings is 1. The molecule has 1 saturated carbocycles. The fraction of sp³-hybridized carbons (Fsp3) is 0.533. The van der Waals surface area contributed by atoms with Crippen LogP contribution in [0, 0.1) is 17.7 Å². The molecule has 0 radical (unpaired) electrons. The highest BCUT2D eigenvalue weighted by Crippen LogP contribution is 2.39. The number of nitrogens with zero attached hydrogens (tertiary/aromatic N) is 4. The summed E-state index contributed by atoms with van der Waals surface area (Å²) in [7, 11) is 0. The molecule has 0 spiro atoms. The first-order chi connectivity index (χ1) is 18.9. The van der Waals surface area contributed by atoms with Crippen LogP contribution in [0.2, 0.25) is 10.0 Å². The summed E-state index contributed by atoms with van der Waals surface area (Å²) >= 11 is 12.6. The van der Waals surface area contributed by atoms with E-state index in [1.54, 1.807) is 18.2 Å². The van der Waals surface area contributed by atoms with E-state index >= 15 is 0 Å². The van der Waals surface area contributed by atoms with Crippen LogP contribution < -0.4 is 0 Å². The van der Waals surface area contributed by atoms with Gasteiger partial charge in [0.1, 0.15) is 11.9 Å². The smallest absolute Gasteiger partial charge is 0.320 e. The van der Waals surface area contributed by atoms with Crippen LogP contribution in [0.3, 0.4) is 0 Å². The molecule has 4 heterocycles. The standard InChI is InChI=1S/C30H35Cl2FN4O2/c31-23-13-26(32)29-34-14-28(37(29)17-23)20-7-9-35(10-8-20)15-22-16-36(27(30(38)39)11-19-3-1-4-19)18-25(22)21-5-2-6-24(33)12-21/h2,5-6,12-14,17,19-20,22,25,27H,1,3-4,7-11,15-16,18H2,(H,38,39)/t22?,25-,27-/m1/s1. The van der Waals surface area contributed by atoms with Gasteiger partial charge in [-0.2, -0.15) is 0 Å². The van der Waals surface area contributed by atoms with Gasteiger partial charge in [0.2, 0.25) is 0 Å². The second kappa shape index (κ2) is 11.4. The van der Waals surface area contributed by atoms with Gasteiger partial charge in [-0.25, -0.2) is 9.37 Å². The van der Waals surface area contributed by atoms with Gasteiger partial charge in [-0.1, -0.05) is 54.6 Å². The number of aliphatic carboxylic acids is 1. The lowest BCUT2D eigenvalue weighted by molar-refractivity contribution is -0.144. The maximum absolute atomic E-state index is 14.2. The molecule has 3 atom stereocenters. The van der Waals surface area contributed by atoms with Crippen molar-refractivity contribution in [3.63, 3.8) is 0 Å². The number of halogens is 3. The summed E-state index contributed by atoms with van der Waals surface area (Å²) < 4.78 is 16.2. The van der Waals surface area contributed by atoms with E-state index in [2.05, 4.69) is 14.8 Å². The quantitative estimate of drug-likeness (QED) is 0.342. The average molecular weight is 574 g/mol. The molecule has 208 valence electrons. The van der Waals surface area contributed by atoms with E-state index in [-0.39, 0.29) is 17.7 Å². The van der Waals surface area contributed by atoms with Gasteiger partial charge in [0.15, 0.2) is 5.65 Å². The summed E-state index contributed by atoms with van der Waals surface area (Å²) in [5, 5.41) is 11.3. The third-order valence-electron chi connectivity index (χ3n) is 9.31. The zero-order chi connectivity index (χ0) is 27.1. The van der Waals surface area contributed by atoms with Gasteiger partial charge in [0.25, 0.3) is 0 Å². The molecule has 1 aromatic carbocycles. The number of carboxylic acids is 1. The number of hydrogen-bond donors (Lipinski definition) is 1. The lowest BCUT2D eigenvalue weighted by Crippen LogP contribution is -2.43. The Balaban J connectivity index is 1.16. The zero-order valence-electron chi connectivity index (χ0n) is 22.0. The molecular weight excluding hydrogens is 538 g/mol. The Bertz CT molecular complexity index is 1340. The van der Waals surface area contributed by atoms with Gasteiger partial charge in [0.05, 0.1) is 10.0 Å². The SMILES string of the molecule is O=C(O)[C@@H](CC1CCC1)N1CC(CN2CCC(c3cnc4c(Cl)cc(Cl)cn34)CC2)[C@@H](c2cccc(F)c2)C1. The number of imidazole rings is 1. The van der Waals surface area contributed by atoms with Crippen LogP contribution in [0.15, 0.2) is 42.7 Å². The Morgan fingerprint density at radius 1 is 1.13 bits per heavy atom. The highest BCUT2D eigenvalue weighted by Gasteiger charge is 2.41. The van der Waals surface area contributed by atoms with E-state index in [0.29, 0.717) is 28.4 Å². The lowest BCUT2D eigenvalue weighted by Gasteiger charge is -2.35. The second-order valence-electron chi connectivity index (χ2n) is 11.7. The normalized spacial score (nSPS) is 24.3. The summed E-state index contributed by atoms with van der Waals surface area (Å²) in [4.78, 5) is 21.5. The summed E-state index contributed by atoms with van der Waals surface area (Å²) in [6, 6.07) is 8.14. The minimum Gasteiger partial charge on any atom is -0.480 e. The van der Waals surface area contributed by atoms with Crippen molar-refractivity contribution in [1.82, 2.24) is 19.2 Å². The second-order valence-corrected chi connectivity index (χ2v) is 12.6. The fourth-order valence-corrected chi connectivity index (χ4v) is 7.51. The van der Waals surface area contributed by atoms with Crippen LogP contribution >= 0.6 is 23.2 Å². The van der Waals surface area contributed by atoms with Gasteiger partial charge >= 0.3 is 5.97 Å². The van der Waals surface area contributed by atoms with E-state index in [9.17, 15) is 14.3 Å². The van der Waals surface area contributed by atoms with Crippen molar-refractivity contribution < 1.29 is 14.3 Å². The van der Waals surface area contributed by atoms with Crippen LogP contribution in [0.25, 0.3) is 5.65 Å². The number of likely N-dealkylation sites (tertiary alicyclic amines) is 2. The number of rotatable bonds is 8. The molecule has 6 nitrogen and oxygen atoms in total. The molecule has 3 aromatic rings. The summed E-state index contributed by atoms with van der Waals surface area (Å²) in [6.07, 6.45) is 9.99. The van der Waals surface area contributed by atoms with Crippen LogP contribution in [-0.2, 0) is 4.79 Å². The Labute approximate surface area is 238 Å². The number of hydrogen-bond acceptors (Lipinski definition) is 4. The van der Waals surface area contributed by atoms with Crippen molar-refractivity contribution in [2.75, 3.05) is 32.7 Å². The van der Waals surface area contributed by atoms with E-state index in [4.69, 9.17) is 23.2 Å². The minimum absolute atomic E-state index is 0.115. The Hall–Kier alpha value is -2.19. The molecule has 2 saturated heterocycles. The van der Waals surface area contributed by atoms with E-state index in [0.717, 1.165) is 75.2 Å². The molecule has 0 bridgehead atoms. The van der Waals surface area contributed by atoms with Crippen molar-refractivity contribution in [2.24, 2.45) is 11.8 Å². The highest BCUT2D eigenvalue weighted by molar-refractivity contribution is 6.36. The highest BCUT2D eigenvalue weighted by atomic mass is 35.5. The van der Waals surface area contributed by atoms with Crippen LogP contribution in [0.1, 0.15) is 61.6 Å². The molecule has 1 aliphatic carbocycles. The van der Waals surface area contributed by atoms with Crippen molar-refractivity contribution in [3.8, 4) is 0 Å². The van der Waals surface area contributed by atoms with Gasteiger partial charge in [-0.15, -0.1) is 0 Å². The number of carbonyl (C=O) groups is 1. The molecule has 1 unspecified atom stereocenters. The zero-order valence-corrected chi connectivity index (χ0v) is 23.5. The molecule has 9 heteroatoms. The molecule has 2 aromatic heterocycles. The van der Waals surface area contributed by atoms with Crippen molar-refractivity contribution in [1.29, 1.82) is 0 Å². The Morgan fingerprint density at radius 2 is 1.92 bits per heavy atom. The van der Waals surface area contributed by atoms with E-state index in [1.807, 2.05) is 22.9 Å². The fourth-order valence-electron chi connectivity index (χ4n) is 6.99. The van der Waals surface area contributed by atoms with Gasteiger partial charge in [0, 0.05) is 49.6 Å². The topological polar surface area (TPSA) is 61.1 Å². The first kappa shape index (κ1) is 27.0. The van der Waals surface area contributed by atoms with Crippen molar-refractivity contribution in [2.45, 2.75) is 56.4 Å². The number of benzene rings is 1. The molecule has 0 amide bonds. The van der Waals surface area contributed by atoms with Crippen LogP contribution in [0.4, 0.5) is 4.39 Å². The third-order valence-corrected chi connectivity index (χ3v) is 9.79. The van der Waals surface area contributed by atoms with Gasteiger partial charge in [-0.3, -0.25) is 9.69 Å². The lowest BCUT2D eigenvalue weighted by atomic mass is 9.80. The summed E-state index contributed by atoms with van der Waals surface area (Å²) in [5.41, 5.74) is 2.85. The molecule has 39 heavy (non-hydrogen) atoms. The monoisotopic (exact) mass is 572 g/mol. The van der Waals surface area contributed by atoms with Crippen LogP contribution in [-0.4, -0.2) is 69.0 Å². The van der Waals surface area contributed by atoms with Gasteiger partial charge < -0.3 is 14.4 Å². The minimum atomic E-state index is -0.727. The summed E-state index contributed by atoms with van der Waals surface area (Å²) in [6.45, 7) is 4.17. The predicted molar refractivity (Wildman–Crippen MR) is 151 cm³/mol. The molecule has 2 aliphatic heterocycles. The maximum Gasteiger partial charge on any atom is 0.320 e. The first-order valence-electron chi connectivity index (χ1n) is 14.1. The number of carboxylic acid groups (broad SMARTS) is 1. The average Bonchev–Trinajstić information content (AvgIpc) is 3.48. The van der Waals surface area contributed by atoms with Gasteiger partial charge in [-0.05, 0) is 68.0 Å². The molecule has 3 fully saturated rings. The first-order valence-corrected chi connectivity index (χ1v) is 14.9. The number of piperidine rings is 1.